The molecule has 1 aromatic rings. The molecule has 0 N–H and O–H groups in total. The summed E-state index contributed by atoms with van der Waals surface area (Å²) >= 11 is 42.6. The third-order valence-corrected chi connectivity index (χ3v) is 6.16. The van der Waals surface area contributed by atoms with Crippen molar-refractivity contribution in [3.63, 3.8) is 0 Å². The molecule has 2 rings (SSSR count). The third kappa shape index (κ3) is 2.14. The first kappa shape index (κ1) is 14.7. The van der Waals surface area contributed by atoms with Crippen LogP contribution >= 0.6 is 81.2 Å². The SMILES string of the molecule is ClCC1c2c(Cl)c(Cl)c(Cl)c(Cl)c2C(Cl)C1Cl. The van der Waals surface area contributed by atoms with Gasteiger partial charge in [-0.3, -0.25) is 0 Å². The topological polar surface area (TPSA) is 0 Å². The third-order valence-electron chi connectivity index (χ3n) is 2.82. The van der Waals surface area contributed by atoms with Crippen molar-refractivity contribution in [3.05, 3.63) is 31.2 Å². The van der Waals surface area contributed by atoms with E-state index in [1.807, 2.05) is 0 Å². The molecule has 0 aromatic heterocycles. The van der Waals surface area contributed by atoms with E-state index in [2.05, 4.69) is 0 Å². The van der Waals surface area contributed by atoms with Crippen LogP contribution in [0, 0.1) is 0 Å². The Morgan fingerprint density at radius 2 is 1.24 bits per heavy atom. The molecular weight excluding hydrogens is 368 g/mol. The minimum Gasteiger partial charge on any atom is -0.126 e. The van der Waals surface area contributed by atoms with Gasteiger partial charge in [-0.05, 0) is 11.1 Å². The Balaban J connectivity index is 2.78. The van der Waals surface area contributed by atoms with Crippen molar-refractivity contribution in [2.45, 2.75) is 16.7 Å². The summed E-state index contributed by atoms with van der Waals surface area (Å²) in [6, 6.07) is 0. The summed E-state index contributed by atoms with van der Waals surface area (Å²) in [5, 5.41) is 0.178. The Morgan fingerprint density at radius 1 is 0.765 bits per heavy atom. The van der Waals surface area contributed by atoms with E-state index in [4.69, 9.17) is 81.2 Å². The van der Waals surface area contributed by atoms with Gasteiger partial charge in [0.25, 0.3) is 0 Å². The number of benzene rings is 1. The second-order valence-corrected chi connectivity index (χ2v) is 6.48. The molecule has 0 saturated carbocycles. The van der Waals surface area contributed by atoms with Crippen molar-refractivity contribution in [1.82, 2.24) is 0 Å². The molecule has 0 saturated heterocycles. The van der Waals surface area contributed by atoms with Gasteiger partial charge in [0.1, 0.15) is 0 Å². The second kappa shape index (κ2) is 5.32. The summed E-state index contributed by atoms with van der Waals surface area (Å²) in [6.07, 6.45) is 0. The molecule has 0 spiro atoms. The predicted octanol–water partition coefficient (Wildman–Crippen LogP) is 6.52. The van der Waals surface area contributed by atoms with Gasteiger partial charge in [-0.1, -0.05) is 46.4 Å². The molecule has 1 aliphatic carbocycles. The van der Waals surface area contributed by atoms with Gasteiger partial charge in [0, 0.05) is 11.8 Å². The highest BCUT2D eigenvalue weighted by molar-refractivity contribution is 6.53. The quantitative estimate of drug-likeness (QED) is 0.299. The molecule has 0 nitrogen and oxygen atoms in total. The van der Waals surface area contributed by atoms with Gasteiger partial charge in [-0.25, -0.2) is 0 Å². The number of hydrogen-bond acceptors (Lipinski definition) is 0. The van der Waals surface area contributed by atoms with Gasteiger partial charge in [-0.15, -0.1) is 34.8 Å². The minimum atomic E-state index is -0.477. The average molecular weight is 373 g/mol. The van der Waals surface area contributed by atoms with Crippen molar-refractivity contribution in [1.29, 1.82) is 0 Å². The maximum atomic E-state index is 6.23. The Hall–Kier alpha value is 1.25. The highest BCUT2D eigenvalue weighted by Crippen LogP contribution is 2.56. The highest BCUT2D eigenvalue weighted by Gasteiger charge is 2.42. The number of halogens is 7. The molecule has 1 aromatic carbocycles. The lowest BCUT2D eigenvalue weighted by molar-refractivity contribution is 0.749. The number of rotatable bonds is 1. The first-order valence-electron chi connectivity index (χ1n) is 4.61. The molecule has 0 amide bonds. The molecule has 7 heteroatoms. The highest BCUT2D eigenvalue weighted by atomic mass is 35.5. The molecular formula is C10H5Cl7. The van der Waals surface area contributed by atoms with Crippen molar-refractivity contribution < 1.29 is 0 Å². The monoisotopic (exact) mass is 370 g/mol. The van der Waals surface area contributed by atoms with E-state index in [1.165, 1.54) is 0 Å². The van der Waals surface area contributed by atoms with Crippen LogP contribution in [0.5, 0.6) is 0 Å². The molecule has 0 aliphatic heterocycles. The van der Waals surface area contributed by atoms with Gasteiger partial charge in [-0.2, -0.15) is 0 Å². The van der Waals surface area contributed by atoms with E-state index >= 15 is 0 Å². The average Bonchev–Trinajstić information content (AvgIpc) is 2.57. The molecule has 17 heavy (non-hydrogen) atoms. The molecule has 0 bridgehead atoms. The van der Waals surface area contributed by atoms with Gasteiger partial charge >= 0.3 is 0 Å². The molecule has 3 atom stereocenters. The van der Waals surface area contributed by atoms with Crippen molar-refractivity contribution in [3.8, 4) is 0 Å². The summed E-state index contributed by atoms with van der Waals surface area (Å²) in [5.41, 5.74) is 1.35. The van der Waals surface area contributed by atoms with E-state index in [0.29, 0.717) is 27.1 Å². The van der Waals surface area contributed by atoms with Gasteiger partial charge in [0.2, 0.25) is 0 Å². The van der Waals surface area contributed by atoms with Crippen LogP contribution in [0.4, 0.5) is 0 Å². The molecule has 0 fully saturated rings. The fourth-order valence-electron chi connectivity index (χ4n) is 1.98. The van der Waals surface area contributed by atoms with E-state index in [9.17, 15) is 0 Å². The van der Waals surface area contributed by atoms with Crippen LogP contribution in [-0.4, -0.2) is 11.3 Å². The summed E-state index contributed by atoms with van der Waals surface area (Å²) < 4.78 is 0. The lowest BCUT2D eigenvalue weighted by Gasteiger charge is -2.14. The van der Waals surface area contributed by atoms with Crippen molar-refractivity contribution in [2.24, 2.45) is 0 Å². The molecule has 0 heterocycles. The minimum absolute atomic E-state index is 0.185. The molecule has 0 radical (unpaired) electrons. The zero-order valence-electron chi connectivity index (χ0n) is 8.08. The Labute approximate surface area is 134 Å². The largest absolute Gasteiger partial charge is 0.126 e. The number of fused-ring (bicyclic) bond motifs is 1. The van der Waals surface area contributed by atoms with Crippen LogP contribution in [0.2, 0.25) is 20.1 Å². The van der Waals surface area contributed by atoms with Crippen molar-refractivity contribution >= 4 is 81.2 Å². The molecule has 3 unspecified atom stereocenters. The first-order chi connectivity index (χ1) is 7.91. The van der Waals surface area contributed by atoms with Gasteiger partial charge in [0.15, 0.2) is 0 Å². The lowest BCUT2D eigenvalue weighted by atomic mass is 10.0. The summed E-state index contributed by atoms with van der Waals surface area (Å²) in [5.74, 6) is 0.105. The maximum absolute atomic E-state index is 6.23. The fraction of sp³-hybridized carbons (Fsp3) is 0.400. The normalized spacial score (nSPS) is 27.4. The van der Waals surface area contributed by atoms with Crippen LogP contribution in [0.3, 0.4) is 0 Å². The standard InChI is InChI=1S/C10H5Cl7/c11-1-2-3-4(7(14)5(2)12)8(15)10(17)9(16)6(3)13/h2,5,7H,1H2. The van der Waals surface area contributed by atoms with E-state index in [1.54, 1.807) is 0 Å². The Morgan fingerprint density at radius 3 is 1.71 bits per heavy atom. The van der Waals surface area contributed by atoms with Crippen LogP contribution in [0.25, 0.3) is 0 Å². The predicted molar refractivity (Wildman–Crippen MR) is 78.2 cm³/mol. The smallest absolute Gasteiger partial charge is 0.0797 e. The van der Waals surface area contributed by atoms with Crippen LogP contribution in [-0.2, 0) is 0 Å². The first-order valence-corrected chi connectivity index (χ1v) is 7.53. The summed E-state index contributed by atoms with van der Waals surface area (Å²) in [4.78, 5) is 0. The van der Waals surface area contributed by atoms with E-state index in [-0.39, 0.29) is 21.3 Å². The fourth-order valence-corrected chi connectivity index (χ4v) is 4.36. The second-order valence-electron chi connectivity index (χ2n) is 3.69. The summed E-state index contributed by atoms with van der Waals surface area (Å²) in [6.45, 7) is 0. The Bertz CT molecular complexity index is 470. The van der Waals surface area contributed by atoms with Crippen LogP contribution in [0.15, 0.2) is 0 Å². The maximum Gasteiger partial charge on any atom is 0.0797 e. The van der Waals surface area contributed by atoms with Crippen LogP contribution in [0.1, 0.15) is 22.4 Å². The lowest BCUT2D eigenvalue weighted by Crippen LogP contribution is -2.10. The van der Waals surface area contributed by atoms with Gasteiger partial charge in [0.05, 0.1) is 30.8 Å². The van der Waals surface area contributed by atoms with E-state index < -0.39 is 5.38 Å². The van der Waals surface area contributed by atoms with Crippen LogP contribution < -0.4 is 0 Å². The van der Waals surface area contributed by atoms with Gasteiger partial charge < -0.3 is 0 Å². The molecule has 94 valence electrons. The number of alkyl halides is 3. The Kier molecular flexibility index (Phi) is 4.59. The van der Waals surface area contributed by atoms with Crippen molar-refractivity contribution in [2.75, 3.05) is 5.88 Å². The number of hydrogen-bond donors (Lipinski definition) is 0. The summed E-state index contributed by atoms with van der Waals surface area (Å²) in [7, 11) is 0. The zero-order valence-corrected chi connectivity index (χ0v) is 13.4. The zero-order chi connectivity index (χ0) is 12.9. The van der Waals surface area contributed by atoms with E-state index in [0.717, 1.165) is 0 Å². The molecule has 1 aliphatic rings.